The molecular weight excluding hydrogens is 238 g/mol. The molecule has 1 aromatic rings. The Labute approximate surface area is 116 Å². The van der Waals surface area contributed by atoms with Crippen LogP contribution in [0.25, 0.3) is 0 Å². The molecule has 108 valence electrons. The van der Waals surface area contributed by atoms with Gasteiger partial charge in [-0.05, 0) is 44.2 Å². The summed E-state index contributed by atoms with van der Waals surface area (Å²) in [5.41, 5.74) is 6.24. The average Bonchev–Trinajstić information content (AvgIpc) is 2.83. The summed E-state index contributed by atoms with van der Waals surface area (Å²) in [6.45, 7) is 6.34. The van der Waals surface area contributed by atoms with E-state index in [0.717, 1.165) is 24.4 Å². The maximum Gasteiger partial charge on any atom is 0.134 e. The van der Waals surface area contributed by atoms with Crippen molar-refractivity contribution in [1.82, 2.24) is 0 Å². The van der Waals surface area contributed by atoms with Crippen LogP contribution >= 0.6 is 0 Å². The van der Waals surface area contributed by atoms with E-state index in [1.165, 1.54) is 19.3 Å². The fraction of sp³-hybridized carbons (Fsp3) is 0.750. The third-order valence-corrected chi connectivity index (χ3v) is 4.26. The first-order valence-corrected chi connectivity index (χ1v) is 7.59. The Morgan fingerprint density at radius 2 is 2.11 bits per heavy atom. The molecule has 1 saturated carbocycles. The highest BCUT2D eigenvalue weighted by atomic mass is 16.5. The molecule has 4 unspecified atom stereocenters. The van der Waals surface area contributed by atoms with Gasteiger partial charge in [0.2, 0.25) is 0 Å². The van der Waals surface area contributed by atoms with Crippen LogP contribution in [0.5, 0.6) is 0 Å². The average molecular weight is 265 g/mol. The molecule has 1 heterocycles. The summed E-state index contributed by atoms with van der Waals surface area (Å²) >= 11 is 0. The summed E-state index contributed by atoms with van der Waals surface area (Å²) in [6, 6.07) is 3.99. The molecule has 0 amide bonds. The maximum absolute atomic E-state index is 6.34. The third-order valence-electron chi connectivity index (χ3n) is 4.26. The highest BCUT2D eigenvalue weighted by molar-refractivity contribution is 5.10. The second-order valence-electron chi connectivity index (χ2n) is 5.88. The lowest BCUT2D eigenvalue weighted by molar-refractivity contribution is -0.0758. The summed E-state index contributed by atoms with van der Waals surface area (Å²) in [5, 5.41) is 0. The van der Waals surface area contributed by atoms with Crippen molar-refractivity contribution in [2.45, 2.75) is 71.1 Å². The zero-order valence-electron chi connectivity index (χ0n) is 12.4. The van der Waals surface area contributed by atoms with E-state index in [4.69, 9.17) is 14.9 Å². The van der Waals surface area contributed by atoms with E-state index in [1.54, 1.807) is 0 Å². The van der Waals surface area contributed by atoms with Crippen LogP contribution in [0.3, 0.4) is 0 Å². The van der Waals surface area contributed by atoms with Crippen molar-refractivity contribution >= 4 is 0 Å². The largest absolute Gasteiger partial charge is 0.464 e. The second kappa shape index (κ2) is 6.58. The van der Waals surface area contributed by atoms with Gasteiger partial charge in [-0.15, -0.1) is 0 Å². The number of nitrogens with two attached hydrogens (primary N) is 1. The number of ether oxygens (including phenoxy) is 1. The molecule has 2 rings (SSSR count). The van der Waals surface area contributed by atoms with E-state index in [-0.39, 0.29) is 12.1 Å². The fourth-order valence-corrected chi connectivity index (χ4v) is 2.87. The first-order chi connectivity index (χ1) is 9.11. The lowest BCUT2D eigenvalue weighted by atomic mass is 9.87. The van der Waals surface area contributed by atoms with Gasteiger partial charge in [0.05, 0.1) is 6.10 Å². The van der Waals surface area contributed by atoms with E-state index in [0.29, 0.717) is 12.0 Å². The summed E-state index contributed by atoms with van der Waals surface area (Å²) in [6.07, 6.45) is 6.10. The normalized spacial score (nSPS) is 27.2. The Balaban J connectivity index is 2.09. The first kappa shape index (κ1) is 14.6. The molecule has 1 aliphatic rings. The van der Waals surface area contributed by atoms with E-state index in [2.05, 4.69) is 13.8 Å². The van der Waals surface area contributed by atoms with Crippen molar-refractivity contribution in [3.63, 3.8) is 0 Å². The molecule has 4 atom stereocenters. The van der Waals surface area contributed by atoms with Crippen molar-refractivity contribution in [3.8, 4) is 0 Å². The smallest absolute Gasteiger partial charge is 0.134 e. The van der Waals surface area contributed by atoms with Crippen LogP contribution in [-0.4, -0.2) is 12.1 Å². The number of hydrogen-bond acceptors (Lipinski definition) is 3. The molecule has 3 nitrogen and oxygen atoms in total. The number of furan rings is 1. The van der Waals surface area contributed by atoms with Gasteiger partial charge < -0.3 is 14.9 Å². The van der Waals surface area contributed by atoms with Gasteiger partial charge in [0.25, 0.3) is 0 Å². The molecule has 0 aliphatic heterocycles. The van der Waals surface area contributed by atoms with Gasteiger partial charge in [0.1, 0.15) is 17.6 Å². The van der Waals surface area contributed by atoms with Crippen LogP contribution in [0.2, 0.25) is 0 Å². The van der Waals surface area contributed by atoms with Gasteiger partial charge in [-0.25, -0.2) is 0 Å². The maximum atomic E-state index is 6.34. The molecule has 1 fully saturated rings. The summed E-state index contributed by atoms with van der Waals surface area (Å²) in [7, 11) is 0. The highest BCUT2D eigenvalue weighted by Crippen LogP contribution is 2.33. The van der Waals surface area contributed by atoms with Crippen LogP contribution < -0.4 is 5.73 Å². The van der Waals surface area contributed by atoms with Gasteiger partial charge in [-0.2, -0.15) is 0 Å². The Morgan fingerprint density at radius 1 is 1.37 bits per heavy atom. The topological polar surface area (TPSA) is 48.4 Å². The Bertz CT molecular complexity index is 388. The van der Waals surface area contributed by atoms with Crippen LogP contribution in [0.4, 0.5) is 0 Å². The van der Waals surface area contributed by atoms with E-state index < -0.39 is 0 Å². The molecule has 1 aliphatic carbocycles. The highest BCUT2D eigenvalue weighted by Gasteiger charge is 2.30. The quantitative estimate of drug-likeness (QED) is 0.876. The van der Waals surface area contributed by atoms with Crippen LogP contribution in [0, 0.1) is 12.8 Å². The molecule has 0 bridgehead atoms. The first-order valence-electron chi connectivity index (χ1n) is 7.59. The monoisotopic (exact) mass is 265 g/mol. The molecule has 0 aromatic carbocycles. The molecule has 3 heteroatoms. The predicted octanol–water partition coefficient (Wildman–Crippen LogP) is 3.96. The SMILES string of the molecule is CCC(N)C(OC1CCCCC1C)c1ccc(C)o1. The lowest BCUT2D eigenvalue weighted by Gasteiger charge is -2.33. The number of aryl methyl sites for hydroxylation is 1. The Hall–Kier alpha value is -0.800. The van der Waals surface area contributed by atoms with Gasteiger partial charge in [-0.3, -0.25) is 0 Å². The lowest BCUT2D eigenvalue weighted by Crippen LogP contribution is -2.35. The van der Waals surface area contributed by atoms with E-state index in [9.17, 15) is 0 Å². The van der Waals surface area contributed by atoms with Crippen molar-refractivity contribution in [3.05, 3.63) is 23.7 Å². The molecule has 0 saturated heterocycles. The van der Waals surface area contributed by atoms with Gasteiger partial charge in [-0.1, -0.05) is 26.7 Å². The summed E-state index contributed by atoms with van der Waals surface area (Å²) in [4.78, 5) is 0. The van der Waals surface area contributed by atoms with E-state index in [1.807, 2.05) is 19.1 Å². The zero-order valence-corrected chi connectivity index (χ0v) is 12.4. The Kier molecular flexibility index (Phi) is 5.06. The Morgan fingerprint density at radius 3 is 2.68 bits per heavy atom. The summed E-state index contributed by atoms with van der Waals surface area (Å²) < 4.78 is 12.1. The number of rotatable bonds is 5. The molecule has 1 aromatic heterocycles. The molecule has 19 heavy (non-hydrogen) atoms. The van der Waals surface area contributed by atoms with Crippen molar-refractivity contribution < 1.29 is 9.15 Å². The van der Waals surface area contributed by atoms with Gasteiger partial charge in [0.15, 0.2) is 0 Å². The minimum atomic E-state index is -0.107. The molecular formula is C16H27NO2. The summed E-state index contributed by atoms with van der Waals surface area (Å²) in [5.74, 6) is 2.42. The second-order valence-corrected chi connectivity index (χ2v) is 5.88. The van der Waals surface area contributed by atoms with Crippen LogP contribution in [-0.2, 0) is 4.74 Å². The minimum absolute atomic E-state index is 0.000300. The molecule has 2 N–H and O–H groups in total. The minimum Gasteiger partial charge on any atom is -0.464 e. The zero-order chi connectivity index (χ0) is 13.8. The van der Waals surface area contributed by atoms with Crippen molar-refractivity contribution in [2.75, 3.05) is 0 Å². The molecule has 0 radical (unpaired) electrons. The third kappa shape index (κ3) is 3.61. The fourth-order valence-electron chi connectivity index (χ4n) is 2.87. The predicted molar refractivity (Wildman–Crippen MR) is 77.0 cm³/mol. The van der Waals surface area contributed by atoms with Crippen LogP contribution in [0.15, 0.2) is 16.5 Å². The van der Waals surface area contributed by atoms with Crippen LogP contribution in [0.1, 0.15) is 63.6 Å². The number of hydrogen-bond donors (Lipinski definition) is 1. The van der Waals surface area contributed by atoms with Gasteiger partial charge >= 0.3 is 0 Å². The van der Waals surface area contributed by atoms with E-state index >= 15 is 0 Å². The molecule has 0 spiro atoms. The van der Waals surface area contributed by atoms with Crippen molar-refractivity contribution in [1.29, 1.82) is 0 Å². The van der Waals surface area contributed by atoms with Gasteiger partial charge in [0, 0.05) is 6.04 Å². The standard InChI is InChI=1S/C16H27NO2/c1-4-13(17)16(15-10-9-12(3)18-15)19-14-8-6-5-7-11(14)2/h9-11,13-14,16H,4-8,17H2,1-3H3. The van der Waals surface area contributed by atoms with Crippen molar-refractivity contribution in [2.24, 2.45) is 11.7 Å².